The fraction of sp³-hybridized carbons (Fsp3) is 0.111. The van der Waals surface area contributed by atoms with Crippen LogP contribution in [-0.2, 0) is 17.8 Å². The fourth-order valence-electron chi connectivity index (χ4n) is 2.32. The quantitative estimate of drug-likeness (QED) is 0.561. The third kappa shape index (κ3) is 3.84. The van der Waals surface area contributed by atoms with Crippen molar-refractivity contribution in [3.05, 3.63) is 71.9 Å². The lowest BCUT2D eigenvalue weighted by atomic mass is 10.1. The molecule has 0 aliphatic rings. The van der Waals surface area contributed by atoms with Gasteiger partial charge in [-0.15, -0.1) is 0 Å². The zero-order valence-corrected chi connectivity index (χ0v) is 12.4. The van der Waals surface area contributed by atoms with Crippen LogP contribution in [0, 0.1) is 0 Å². The average Bonchev–Trinajstić information content (AvgIpc) is 2.60. The molecule has 3 rings (SSSR count). The number of fused-ring (bicyclic) bond motifs is 1. The lowest BCUT2D eigenvalue weighted by Crippen LogP contribution is -2.20. The molecule has 5 heteroatoms. The van der Waals surface area contributed by atoms with Crippen LogP contribution in [-0.4, -0.2) is 16.1 Å². The van der Waals surface area contributed by atoms with Crippen LogP contribution in [0.2, 0.25) is 0 Å². The Labute approximate surface area is 133 Å². The van der Waals surface area contributed by atoms with E-state index >= 15 is 0 Å². The van der Waals surface area contributed by atoms with Gasteiger partial charge in [0.1, 0.15) is 12.4 Å². The van der Waals surface area contributed by atoms with Crippen molar-refractivity contribution in [2.75, 3.05) is 0 Å². The molecule has 0 bridgehead atoms. The van der Waals surface area contributed by atoms with Crippen molar-refractivity contribution in [3.63, 3.8) is 0 Å². The number of rotatable bonds is 5. The normalized spacial score (nSPS) is 10.5. The summed E-state index contributed by atoms with van der Waals surface area (Å²) < 4.78 is 5.74. The molecule has 2 aromatic carbocycles. The zero-order chi connectivity index (χ0) is 16.1. The summed E-state index contributed by atoms with van der Waals surface area (Å²) in [5, 5.41) is 9.66. The van der Waals surface area contributed by atoms with Crippen LogP contribution >= 0.6 is 0 Å². The first kappa shape index (κ1) is 15.0. The van der Waals surface area contributed by atoms with Gasteiger partial charge < -0.3 is 4.74 Å². The lowest BCUT2D eigenvalue weighted by molar-refractivity contribution is -0.128. The first-order valence-electron chi connectivity index (χ1n) is 7.24. The Kier molecular flexibility index (Phi) is 4.49. The number of para-hydroxylation sites is 1. The Morgan fingerprint density at radius 2 is 1.96 bits per heavy atom. The van der Waals surface area contributed by atoms with Gasteiger partial charge in [-0.3, -0.25) is 10.0 Å². The molecule has 1 aromatic heterocycles. The second-order valence-electron chi connectivity index (χ2n) is 5.14. The first-order valence-corrected chi connectivity index (χ1v) is 7.24. The van der Waals surface area contributed by atoms with E-state index in [0.29, 0.717) is 12.4 Å². The van der Waals surface area contributed by atoms with E-state index in [2.05, 4.69) is 4.98 Å². The van der Waals surface area contributed by atoms with Crippen molar-refractivity contribution in [1.29, 1.82) is 0 Å². The van der Waals surface area contributed by atoms with Gasteiger partial charge in [0.05, 0.1) is 17.6 Å². The number of ether oxygens (including phenoxy) is 1. The second kappa shape index (κ2) is 6.89. The van der Waals surface area contributed by atoms with Gasteiger partial charge in [0.25, 0.3) is 0 Å². The van der Waals surface area contributed by atoms with E-state index in [9.17, 15) is 4.79 Å². The third-order valence-electron chi connectivity index (χ3n) is 3.43. The summed E-state index contributed by atoms with van der Waals surface area (Å²) in [6.45, 7) is 0.348. The van der Waals surface area contributed by atoms with Gasteiger partial charge in [-0.2, -0.15) is 0 Å². The van der Waals surface area contributed by atoms with Gasteiger partial charge >= 0.3 is 0 Å². The van der Waals surface area contributed by atoms with E-state index in [-0.39, 0.29) is 6.42 Å². The number of carbonyl (C=O) groups is 1. The van der Waals surface area contributed by atoms with Crippen molar-refractivity contribution in [1.82, 2.24) is 10.5 Å². The number of pyridine rings is 1. The Morgan fingerprint density at radius 1 is 1.09 bits per heavy atom. The minimum Gasteiger partial charge on any atom is -0.487 e. The van der Waals surface area contributed by atoms with E-state index in [4.69, 9.17) is 9.94 Å². The van der Waals surface area contributed by atoms with Crippen molar-refractivity contribution in [2.24, 2.45) is 0 Å². The number of hydrogen-bond donors (Lipinski definition) is 2. The number of hydrogen-bond acceptors (Lipinski definition) is 4. The molecular weight excluding hydrogens is 292 g/mol. The molecule has 0 fully saturated rings. The van der Waals surface area contributed by atoms with Crippen molar-refractivity contribution in [3.8, 4) is 5.75 Å². The second-order valence-corrected chi connectivity index (χ2v) is 5.14. The molecule has 0 saturated heterocycles. The molecule has 116 valence electrons. The minimum absolute atomic E-state index is 0.0991. The van der Waals surface area contributed by atoms with Crippen LogP contribution in [0.1, 0.15) is 11.3 Å². The highest BCUT2D eigenvalue weighted by atomic mass is 16.5. The highest BCUT2D eigenvalue weighted by Gasteiger charge is 2.04. The molecule has 1 amide bonds. The van der Waals surface area contributed by atoms with Crippen LogP contribution in [0.4, 0.5) is 0 Å². The molecule has 0 aliphatic carbocycles. The lowest BCUT2D eigenvalue weighted by Gasteiger charge is -2.08. The van der Waals surface area contributed by atoms with E-state index in [1.807, 2.05) is 48.5 Å². The van der Waals surface area contributed by atoms with Crippen LogP contribution < -0.4 is 10.2 Å². The van der Waals surface area contributed by atoms with E-state index in [0.717, 1.165) is 22.2 Å². The number of carbonyl (C=O) groups excluding carboxylic acids is 1. The predicted octanol–water partition coefficient (Wildman–Crippen LogP) is 2.86. The molecule has 0 aliphatic heterocycles. The van der Waals surface area contributed by atoms with E-state index in [1.54, 1.807) is 17.6 Å². The average molecular weight is 308 g/mol. The minimum atomic E-state index is -0.460. The molecule has 0 unspecified atom stereocenters. The molecule has 0 saturated carbocycles. The van der Waals surface area contributed by atoms with Gasteiger partial charge in [0.2, 0.25) is 5.91 Å². The molecule has 23 heavy (non-hydrogen) atoms. The molecule has 5 nitrogen and oxygen atoms in total. The molecule has 2 N–H and O–H groups in total. The van der Waals surface area contributed by atoms with Gasteiger partial charge in [-0.25, -0.2) is 10.5 Å². The highest BCUT2D eigenvalue weighted by molar-refractivity contribution is 5.78. The van der Waals surface area contributed by atoms with Gasteiger partial charge in [0.15, 0.2) is 0 Å². The predicted molar refractivity (Wildman–Crippen MR) is 86.2 cm³/mol. The SMILES string of the molecule is O=C(Cc1cccc(OCc2ccc3ccccc3n2)c1)NO. The number of nitrogens with one attached hydrogen (secondary N) is 1. The third-order valence-corrected chi connectivity index (χ3v) is 3.43. The summed E-state index contributed by atoms with van der Waals surface area (Å²) in [6, 6.07) is 19.1. The van der Waals surface area contributed by atoms with Crippen LogP contribution in [0.25, 0.3) is 10.9 Å². The summed E-state index contributed by atoms with van der Waals surface area (Å²) in [7, 11) is 0. The van der Waals surface area contributed by atoms with Gasteiger partial charge in [0, 0.05) is 5.39 Å². The maximum atomic E-state index is 11.2. The summed E-state index contributed by atoms with van der Waals surface area (Å²) in [6.07, 6.45) is 0.0991. The Balaban J connectivity index is 1.69. The maximum absolute atomic E-state index is 11.2. The number of amides is 1. The molecule has 3 aromatic rings. The van der Waals surface area contributed by atoms with Crippen LogP contribution in [0.3, 0.4) is 0 Å². The number of hydroxylamine groups is 1. The molecular formula is C18H16N2O3. The topological polar surface area (TPSA) is 71.5 Å². The molecule has 0 radical (unpaired) electrons. The van der Waals surface area contributed by atoms with Gasteiger partial charge in [-0.1, -0.05) is 36.4 Å². The summed E-state index contributed by atoms with van der Waals surface area (Å²) in [4.78, 5) is 15.7. The summed E-state index contributed by atoms with van der Waals surface area (Å²) in [5.74, 6) is 0.196. The summed E-state index contributed by atoms with van der Waals surface area (Å²) >= 11 is 0. The Hall–Kier alpha value is -2.92. The first-order chi connectivity index (χ1) is 11.2. The smallest absolute Gasteiger partial charge is 0.247 e. The summed E-state index contributed by atoms with van der Waals surface area (Å²) in [5.41, 5.74) is 4.15. The standard InChI is InChI=1S/C18H16N2O3/c21-18(20-22)11-13-4-3-6-16(10-13)23-12-15-9-8-14-5-1-2-7-17(14)19-15/h1-10,22H,11-12H2,(H,20,21). The highest BCUT2D eigenvalue weighted by Crippen LogP contribution is 2.17. The van der Waals surface area contributed by atoms with E-state index < -0.39 is 5.91 Å². The number of nitrogens with zero attached hydrogens (tertiary/aromatic N) is 1. The Bertz CT molecular complexity index is 833. The van der Waals surface area contributed by atoms with Crippen LogP contribution in [0.15, 0.2) is 60.7 Å². The van der Waals surface area contributed by atoms with E-state index in [1.165, 1.54) is 0 Å². The number of benzene rings is 2. The largest absolute Gasteiger partial charge is 0.487 e. The van der Waals surface area contributed by atoms with Crippen molar-refractivity contribution < 1.29 is 14.7 Å². The molecule has 1 heterocycles. The maximum Gasteiger partial charge on any atom is 0.247 e. The Morgan fingerprint density at radius 3 is 2.83 bits per heavy atom. The van der Waals surface area contributed by atoms with Crippen LogP contribution in [0.5, 0.6) is 5.75 Å². The van der Waals surface area contributed by atoms with Crippen molar-refractivity contribution >= 4 is 16.8 Å². The van der Waals surface area contributed by atoms with Gasteiger partial charge in [-0.05, 0) is 29.8 Å². The monoisotopic (exact) mass is 308 g/mol. The molecule has 0 atom stereocenters. The molecule has 0 spiro atoms. The fourth-order valence-corrected chi connectivity index (χ4v) is 2.32. The van der Waals surface area contributed by atoms with Crippen molar-refractivity contribution in [2.45, 2.75) is 13.0 Å². The zero-order valence-electron chi connectivity index (χ0n) is 12.4. The number of aromatic nitrogens is 1.